The van der Waals surface area contributed by atoms with Gasteiger partial charge < -0.3 is 15.3 Å². The van der Waals surface area contributed by atoms with Crippen LogP contribution in [-0.4, -0.2) is 49.3 Å². The third-order valence-electron chi connectivity index (χ3n) is 3.35. The summed E-state index contributed by atoms with van der Waals surface area (Å²) in [5.41, 5.74) is 0. The Kier molecular flexibility index (Phi) is 6.98. The molecule has 0 spiro atoms. The number of nitrogens with one attached hydrogen (secondary N) is 1. The minimum absolute atomic E-state index is 0.330. The maximum atomic E-state index is 8.64. The van der Waals surface area contributed by atoms with Crippen LogP contribution < -0.4 is 5.32 Å². The molecule has 1 fully saturated rings. The minimum Gasteiger partial charge on any atom is -0.396 e. The topological polar surface area (TPSA) is 35.5 Å². The first kappa shape index (κ1) is 12.9. The summed E-state index contributed by atoms with van der Waals surface area (Å²) in [6.45, 7) is 8.57. The van der Waals surface area contributed by atoms with E-state index >= 15 is 0 Å². The number of rotatable bonds is 7. The molecule has 0 saturated carbocycles. The third-order valence-corrected chi connectivity index (χ3v) is 3.35. The molecule has 3 nitrogen and oxygen atoms in total. The second kappa shape index (κ2) is 8.08. The van der Waals surface area contributed by atoms with Gasteiger partial charge in [-0.1, -0.05) is 6.92 Å². The van der Waals surface area contributed by atoms with Gasteiger partial charge in [-0.25, -0.2) is 0 Å². The zero-order chi connectivity index (χ0) is 10.9. The molecule has 0 bridgehead atoms. The van der Waals surface area contributed by atoms with Crippen LogP contribution in [-0.2, 0) is 0 Å². The Hall–Kier alpha value is -0.120. The van der Waals surface area contributed by atoms with Gasteiger partial charge in [-0.05, 0) is 64.3 Å². The van der Waals surface area contributed by atoms with E-state index in [1.165, 1.54) is 39.0 Å². The van der Waals surface area contributed by atoms with Crippen molar-refractivity contribution in [2.75, 3.05) is 39.3 Å². The molecular weight excluding hydrogens is 188 g/mol. The number of aliphatic hydroxyl groups excluding tert-OH is 1. The van der Waals surface area contributed by atoms with Gasteiger partial charge in [0.25, 0.3) is 0 Å². The van der Waals surface area contributed by atoms with E-state index in [0.717, 1.165) is 25.3 Å². The van der Waals surface area contributed by atoms with Crippen LogP contribution in [0.3, 0.4) is 0 Å². The van der Waals surface area contributed by atoms with E-state index in [4.69, 9.17) is 5.11 Å². The smallest absolute Gasteiger partial charge is 0.0431 e. The fraction of sp³-hybridized carbons (Fsp3) is 1.00. The van der Waals surface area contributed by atoms with E-state index in [-0.39, 0.29) is 0 Å². The number of hydrogen-bond acceptors (Lipinski definition) is 3. The first-order valence-corrected chi connectivity index (χ1v) is 6.40. The number of nitrogens with zero attached hydrogens (tertiary/aromatic N) is 1. The van der Waals surface area contributed by atoms with Crippen molar-refractivity contribution in [3.8, 4) is 0 Å². The van der Waals surface area contributed by atoms with E-state index in [0.29, 0.717) is 6.61 Å². The molecule has 0 aromatic heterocycles. The molecule has 3 heteroatoms. The maximum Gasteiger partial charge on any atom is 0.0431 e. The number of piperidine rings is 1. The van der Waals surface area contributed by atoms with E-state index in [1.54, 1.807) is 0 Å². The largest absolute Gasteiger partial charge is 0.396 e. The van der Waals surface area contributed by atoms with E-state index in [1.807, 2.05) is 0 Å². The highest BCUT2D eigenvalue weighted by molar-refractivity contribution is 4.72. The van der Waals surface area contributed by atoms with Gasteiger partial charge in [-0.15, -0.1) is 0 Å². The van der Waals surface area contributed by atoms with Gasteiger partial charge >= 0.3 is 0 Å². The molecule has 90 valence electrons. The van der Waals surface area contributed by atoms with E-state index in [9.17, 15) is 0 Å². The summed E-state index contributed by atoms with van der Waals surface area (Å²) in [6, 6.07) is 0. The van der Waals surface area contributed by atoms with Crippen LogP contribution in [0.5, 0.6) is 0 Å². The van der Waals surface area contributed by atoms with Crippen LogP contribution in [0.25, 0.3) is 0 Å². The van der Waals surface area contributed by atoms with Crippen LogP contribution in [0.4, 0.5) is 0 Å². The van der Waals surface area contributed by atoms with Crippen molar-refractivity contribution in [1.82, 2.24) is 10.2 Å². The van der Waals surface area contributed by atoms with Gasteiger partial charge in [0.1, 0.15) is 0 Å². The van der Waals surface area contributed by atoms with Gasteiger partial charge in [0.05, 0.1) is 0 Å². The molecule has 1 heterocycles. The Morgan fingerprint density at radius 3 is 2.60 bits per heavy atom. The molecule has 0 aromatic rings. The van der Waals surface area contributed by atoms with E-state index < -0.39 is 0 Å². The van der Waals surface area contributed by atoms with Crippen LogP contribution >= 0.6 is 0 Å². The van der Waals surface area contributed by atoms with Crippen molar-refractivity contribution < 1.29 is 5.11 Å². The van der Waals surface area contributed by atoms with Crippen molar-refractivity contribution in [3.63, 3.8) is 0 Å². The number of hydrogen-bond donors (Lipinski definition) is 2. The fourth-order valence-corrected chi connectivity index (χ4v) is 2.17. The Morgan fingerprint density at radius 2 is 2.00 bits per heavy atom. The third kappa shape index (κ3) is 5.50. The SMILES string of the molecule is CCN1CCC(CNCCCCO)CC1. The zero-order valence-corrected chi connectivity index (χ0v) is 10.0. The Labute approximate surface area is 93.9 Å². The molecule has 1 aliphatic heterocycles. The lowest BCUT2D eigenvalue weighted by Gasteiger charge is -2.31. The Balaban J connectivity index is 1.94. The highest BCUT2D eigenvalue weighted by atomic mass is 16.2. The summed E-state index contributed by atoms with van der Waals surface area (Å²) in [4.78, 5) is 2.53. The summed E-state index contributed by atoms with van der Waals surface area (Å²) >= 11 is 0. The number of likely N-dealkylation sites (tertiary alicyclic amines) is 1. The summed E-state index contributed by atoms with van der Waals surface area (Å²) in [5, 5.41) is 12.1. The highest BCUT2D eigenvalue weighted by Crippen LogP contribution is 2.15. The summed E-state index contributed by atoms with van der Waals surface area (Å²) < 4.78 is 0. The van der Waals surface area contributed by atoms with Crippen LogP contribution in [0, 0.1) is 5.92 Å². The molecular formula is C12H26N2O. The molecule has 0 amide bonds. The first-order chi connectivity index (χ1) is 7.36. The predicted molar refractivity (Wildman–Crippen MR) is 64.0 cm³/mol. The van der Waals surface area contributed by atoms with Gasteiger partial charge in [0.15, 0.2) is 0 Å². The molecule has 1 saturated heterocycles. The average molecular weight is 214 g/mol. The highest BCUT2D eigenvalue weighted by Gasteiger charge is 2.16. The van der Waals surface area contributed by atoms with E-state index in [2.05, 4.69) is 17.1 Å². The molecule has 0 atom stereocenters. The van der Waals surface area contributed by atoms with Crippen molar-refractivity contribution in [2.24, 2.45) is 5.92 Å². The molecule has 1 rings (SSSR count). The summed E-state index contributed by atoms with van der Waals surface area (Å²) in [5.74, 6) is 0.877. The fourth-order valence-electron chi connectivity index (χ4n) is 2.17. The van der Waals surface area contributed by atoms with Crippen LogP contribution in [0.1, 0.15) is 32.6 Å². The second-order valence-corrected chi connectivity index (χ2v) is 4.51. The van der Waals surface area contributed by atoms with Crippen LogP contribution in [0.15, 0.2) is 0 Å². The quantitative estimate of drug-likeness (QED) is 0.623. The molecule has 0 radical (unpaired) electrons. The van der Waals surface area contributed by atoms with Crippen molar-refractivity contribution in [3.05, 3.63) is 0 Å². The van der Waals surface area contributed by atoms with Crippen molar-refractivity contribution in [2.45, 2.75) is 32.6 Å². The average Bonchev–Trinajstić information content (AvgIpc) is 2.30. The van der Waals surface area contributed by atoms with Crippen molar-refractivity contribution >= 4 is 0 Å². The van der Waals surface area contributed by atoms with Gasteiger partial charge in [0.2, 0.25) is 0 Å². The lowest BCUT2D eigenvalue weighted by molar-refractivity contribution is 0.190. The zero-order valence-electron chi connectivity index (χ0n) is 10.0. The lowest BCUT2D eigenvalue weighted by Crippen LogP contribution is -2.37. The first-order valence-electron chi connectivity index (χ1n) is 6.40. The predicted octanol–water partition coefficient (Wildman–Crippen LogP) is 1.08. The monoisotopic (exact) mass is 214 g/mol. The minimum atomic E-state index is 0.330. The van der Waals surface area contributed by atoms with Crippen molar-refractivity contribution in [1.29, 1.82) is 0 Å². The van der Waals surface area contributed by atoms with Gasteiger partial charge in [-0.3, -0.25) is 0 Å². The maximum absolute atomic E-state index is 8.64. The number of unbranched alkanes of at least 4 members (excludes halogenated alkanes) is 1. The van der Waals surface area contributed by atoms with Gasteiger partial charge in [0, 0.05) is 6.61 Å². The molecule has 1 aliphatic rings. The lowest BCUT2D eigenvalue weighted by atomic mass is 9.97. The molecule has 0 unspecified atom stereocenters. The van der Waals surface area contributed by atoms with Gasteiger partial charge in [-0.2, -0.15) is 0 Å². The Bertz CT molecular complexity index is 145. The summed E-state index contributed by atoms with van der Waals surface area (Å²) in [7, 11) is 0. The summed E-state index contributed by atoms with van der Waals surface area (Å²) in [6.07, 6.45) is 4.73. The molecule has 15 heavy (non-hydrogen) atoms. The standard InChI is InChI=1S/C12H26N2O/c1-2-14-8-5-12(6-9-14)11-13-7-3-4-10-15/h12-13,15H,2-11H2,1H3. The molecule has 2 N–H and O–H groups in total. The Morgan fingerprint density at radius 1 is 1.27 bits per heavy atom. The normalized spacial score (nSPS) is 19.6. The number of aliphatic hydroxyl groups is 1. The second-order valence-electron chi connectivity index (χ2n) is 4.51. The van der Waals surface area contributed by atoms with Crippen LogP contribution in [0.2, 0.25) is 0 Å². The molecule has 0 aliphatic carbocycles. The molecule has 0 aromatic carbocycles.